The van der Waals surface area contributed by atoms with Crippen molar-refractivity contribution in [2.45, 2.75) is 32.0 Å². The smallest absolute Gasteiger partial charge is 0.341 e. The van der Waals surface area contributed by atoms with Crippen LogP contribution in [0, 0.1) is 12.8 Å². The summed E-state index contributed by atoms with van der Waals surface area (Å²) in [7, 11) is 0. The van der Waals surface area contributed by atoms with Crippen LogP contribution < -0.4 is 5.32 Å². The highest BCUT2D eigenvalue weighted by Gasteiger charge is 2.42. The molecule has 2 aromatic rings. The Balaban J connectivity index is 1.69. The molecule has 0 saturated carbocycles. The van der Waals surface area contributed by atoms with Crippen molar-refractivity contribution in [3.63, 3.8) is 0 Å². The molecule has 6 heteroatoms. The fourth-order valence-corrected chi connectivity index (χ4v) is 3.60. The number of rotatable bonds is 5. The van der Waals surface area contributed by atoms with Gasteiger partial charge in [0.05, 0.1) is 18.5 Å². The zero-order chi connectivity index (χ0) is 20.1. The van der Waals surface area contributed by atoms with Crippen molar-refractivity contribution < 1.29 is 18.0 Å². The zero-order valence-electron chi connectivity index (χ0n) is 15.9. The number of nitrogens with one attached hydrogen (secondary N) is 1. The summed E-state index contributed by atoms with van der Waals surface area (Å²) >= 11 is 0. The van der Waals surface area contributed by atoms with E-state index in [-0.39, 0.29) is 31.5 Å². The summed E-state index contributed by atoms with van der Waals surface area (Å²) in [5, 5.41) is 3.25. The molecule has 0 radical (unpaired) electrons. The first kappa shape index (κ1) is 20.4. The van der Waals surface area contributed by atoms with Gasteiger partial charge in [0, 0.05) is 13.1 Å². The molecular formula is C22H25F3N2O. The fourth-order valence-electron chi connectivity index (χ4n) is 3.60. The van der Waals surface area contributed by atoms with Crippen LogP contribution in [-0.2, 0) is 4.79 Å². The van der Waals surface area contributed by atoms with Crippen LogP contribution in [0.5, 0.6) is 0 Å². The Kier molecular flexibility index (Phi) is 6.39. The second kappa shape index (κ2) is 8.78. The Morgan fingerprint density at radius 1 is 1.11 bits per heavy atom. The van der Waals surface area contributed by atoms with E-state index in [1.807, 2.05) is 61.5 Å². The number of piperidine rings is 1. The quantitative estimate of drug-likeness (QED) is 0.817. The monoisotopic (exact) mass is 390 g/mol. The summed E-state index contributed by atoms with van der Waals surface area (Å²) in [5.41, 5.74) is 3.15. The Morgan fingerprint density at radius 2 is 1.75 bits per heavy atom. The van der Waals surface area contributed by atoms with E-state index >= 15 is 0 Å². The van der Waals surface area contributed by atoms with Crippen molar-refractivity contribution in [3.8, 4) is 0 Å². The standard InChI is InChI=1S/C22H25F3N2O/c1-16-9-11-18(12-10-16)21(17-6-3-2-4-7-17)26-14-20(28)27-13-5-8-19(15-27)22(23,24)25/h2-4,6-7,9-12,19,21,26H,5,8,13-15H2,1H3. The third-order valence-corrected chi connectivity index (χ3v) is 5.24. The first-order valence-corrected chi connectivity index (χ1v) is 9.54. The topological polar surface area (TPSA) is 32.3 Å². The molecule has 2 unspecified atom stereocenters. The van der Waals surface area contributed by atoms with Crippen LogP contribution in [-0.4, -0.2) is 36.6 Å². The van der Waals surface area contributed by atoms with Crippen molar-refractivity contribution >= 4 is 5.91 Å². The van der Waals surface area contributed by atoms with Crippen LogP contribution in [0.4, 0.5) is 13.2 Å². The summed E-state index contributed by atoms with van der Waals surface area (Å²) in [6, 6.07) is 17.6. The Bertz CT molecular complexity index is 775. The van der Waals surface area contributed by atoms with E-state index < -0.39 is 12.1 Å². The Labute approximate surface area is 163 Å². The number of nitrogens with zero attached hydrogens (tertiary/aromatic N) is 1. The number of carbonyl (C=O) groups excluding carboxylic acids is 1. The van der Waals surface area contributed by atoms with Crippen molar-refractivity contribution in [1.29, 1.82) is 0 Å². The van der Waals surface area contributed by atoms with E-state index in [1.165, 1.54) is 4.90 Å². The molecule has 2 atom stereocenters. The maximum atomic E-state index is 13.0. The molecule has 1 heterocycles. The molecular weight excluding hydrogens is 365 g/mol. The SMILES string of the molecule is Cc1ccc(C(NCC(=O)N2CCCC(C(F)(F)F)C2)c2ccccc2)cc1. The predicted octanol–water partition coefficient (Wildman–Crippen LogP) is 4.47. The van der Waals surface area contributed by atoms with Crippen LogP contribution >= 0.6 is 0 Å². The first-order chi connectivity index (χ1) is 13.3. The van der Waals surface area contributed by atoms with Crippen LogP contribution in [0.25, 0.3) is 0 Å². The molecule has 1 amide bonds. The molecule has 0 aromatic heterocycles. The molecule has 1 N–H and O–H groups in total. The van der Waals surface area contributed by atoms with Crippen LogP contribution in [0.3, 0.4) is 0 Å². The number of aryl methyl sites for hydroxylation is 1. The van der Waals surface area contributed by atoms with Crippen molar-refractivity contribution in [2.24, 2.45) is 5.92 Å². The summed E-state index contributed by atoms with van der Waals surface area (Å²) in [5.74, 6) is -1.71. The third kappa shape index (κ3) is 5.13. The van der Waals surface area contributed by atoms with E-state index in [0.29, 0.717) is 13.0 Å². The van der Waals surface area contributed by atoms with Crippen molar-refractivity contribution in [1.82, 2.24) is 10.2 Å². The second-order valence-corrected chi connectivity index (χ2v) is 7.36. The van der Waals surface area contributed by atoms with Crippen molar-refractivity contribution in [3.05, 3.63) is 71.3 Å². The number of benzene rings is 2. The summed E-state index contributed by atoms with van der Waals surface area (Å²) in [6.45, 7) is 2.14. The third-order valence-electron chi connectivity index (χ3n) is 5.24. The predicted molar refractivity (Wildman–Crippen MR) is 103 cm³/mol. The van der Waals surface area contributed by atoms with Gasteiger partial charge in [0.25, 0.3) is 0 Å². The highest BCUT2D eigenvalue weighted by molar-refractivity contribution is 5.78. The number of carbonyl (C=O) groups is 1. The number of amides is 1. The summed E-state index contributed by atoms with van der Waals surface area (Å²) in [6.07, 6.45) is -3.77. The molecule has 0 spiro atoms. The normalized spacial score (nSPS) is 18.7. The lowest BCUT2D eigenvalue weighted by atomic mass is 9.97. The van der Waals surface area contributed by atoms with E-state index in [1.54, 1.807) is 0 Å². The second-order valence-electron chi connectivity index (χ2n) is 7.36. The lowest BCUT2D eigenvalue weighted by Crippen LogP contribution is -2.47. The lowest BCUT2D eigenvalue weighted by molar-refractivity contribution is -0.187. The van der Waals surface area contributed by atoms with Gasteiger partial charge in [0.2, 0.25) is 5.91 Å². The Morgan fingerprint density at radius 3 is 2.39 bits per heavy atom. The van der Waals surface area contributed by atoms with E-state index in [2.05, 4.69) is 5.32 Å². The van der Waals surface area contributed by atoms with Gasteiger partial charge in [0.1, 0.15) is 0 Å². The minimum atomic E-state index is -4.25. The van der Waals surface area contributed by atoms with Crippen LogP contribution in [0.1, 0.15) is 35.6 Å². The molecule has 1 aliphatic heterocycles. The molecule has 28 heavy (non-hydrogen) atoms. The lowest BCUT2D eigenvalue weighted by Gasteiger charge is -2.34. The molecule has 1 fully saturated rings. The first-order valence-electron chi connectivity index (χ1n) is 9.54. The van der Waals surface area contributed by atoms with Gasteiger partial charge in [-0.25, -0.2) is 0 Å². The fraction of sp³-hybridized carbons (Fsp3) is 0.409. The summed E-state index contributed by atoms with van der Waals surface area (Å²) in [4.78, 5) is 13.9. The van der Waals surface area contributed by atoms with Gasteiger partial charge in [0.15, 0.2) is 0 Å². The number of hydrogen-bond donors (Lipinski definition) is 1. The van der Waals surface area contributed by atoms with Gasteiger partial charge < -0.3 is 4.90 Å². The number of halogens is 3. The molecule has 1 saturated heterocycles. The highest BCUT2D eigenvalue weighted by atomic mass is 19.4. The van der Waals surface area contributed by atoms with Crippen molar-refractivity contribution in [2.75, 3.05) is 19.6 Å². The van der Waals surface area contributed by atoms with E-state index in [4.69, 9.17) is 0 Å². The number of alkyl halides is 3. The zero-order valence-corrected chi connectivity index (χ0v) is 15.9. The Hall–Kier alpha value is -2.34. The largest absolute Gasteiger partial charge is 0.393 e. The van der Waals surface area contributed by atoms with Crippen LogP contribution in [0.2, 0.25) is 0 Å². The highest BCUT2D eigenvalue weighted by Crippen LogP contribution is 2.33. The molecule has 0 bridgehead atoms. The molecule has 150 valence electrons. The number of hydrogen-bond acceptors (Lipinski definition) is 2. The molecule has 0 aliphatic carbocycles. The van der Waals surface area contributed by atoms with Gasteiger partial charge >= 0.3 is 6.18 Å². The van der Waals surface area contributed by atoms with Gasteiger partial charge in [-0.2, -0.15) is 13.2 Å². The average molecular weight is 390 g/mol. The van der Waals surface area contributed by atoms with Gasteiger partial charge in [-0.15, -0.1) is 0 Å². The van der Waals surface area contributed by atoms with Gasteiger partial charge in [-0.3, -0.25) is 10.1 Å². The minimum absolute atomic E-state index is 0.00197. The summed E-state index contributed by atoms with van der Waals surface area (Å²) < 4.78 is 39.0. The van der Waals surface area contributed by atoms with E-state index in [9.17, 15) is 18.0 Å². The maximum absolute atomic E-state index is 13.0. The van der Waals surface area contributed by atoms with E-state index in [0.717, 1.165) is 16.7 Å². The molecule has 3 rings (SSSR count). The molecule has 2 aromatic carbocycles. The van der Waals surface area contributed by atoms with Gasteiger partial charge in [-0.1, -0.05) is 60.2 Å². The average Bonchev–Trinajstić information content (AvgIpc) is 2.69. The maximum Gasteiger partial charge on any atom is 0.393 e. The van der Waals surface area contributed by atoms with Crippen LogP contribution in [0.15, 0.2) is 54.6 Å². The number of likely N-dealkylation sites (tertiary alicyclic amines) is 1. The molecule has 1 aliphatic rings. The molecule has 3 nitrogen and oxygen atoms in total. The minimum Gasteiger partial charge on any atom is -0.341 e. The van der Waals surface area contributed by atoms with Gasteiger partial charge in [-0.05, 0) is 30.9 Å².